The molecule has 5 rings (SSSR count). The molecule has 0 aromatic carbocycles. The topological polar surface area (TPSA) is 59.0 Å². The van der Waals surface area contributed by atoms with Crippen molar-refractivity contribution in [3.05, 3.63) is 17.5 Å². The molecule has 0 radical (unpaired) electrons. The van der Waals surface area contributed by atoms with Gasteiger partial charge in [-0.1, -0.05) is 0 Å². The number of aromatic nitrogens is 2. The summed E-state index contributed by atoms with van der Waals surface area (Å²) in [5, 5.41) is 10.9. The highest BCUT2D eigenvalue weighted by Crippen LogP contribution is 2.55. The molecule has 0 aliphatic heterocycles. The van der Waals surface area contributed by atoms with Gasteiger partial charge in [0.15, 0.2) is 0 Å². The molecule has 1 heterocycles. The largest absolute Gasteiger partial charge is 0.333 e. The lowest BCUT2D eigenvalue weighted by atomic mass is 9.53. The van der Waals surface area contributed by atoms with Crippen LogP contribution in [-0.4, -0.2) is 21.4 Å². The summed E-state index contributed by atoms with van der Waals surface area (Å²) in [7, 11) is 1.92. The van der Waals surface area contributed by atoms with Gasteiger partial charge in [-0.05, 0) is 70.1 Å². The molecule has 1 aromatic heterocycles. The third-order valence-electron chi connectivity index (χ3n) is 6.28. The van der Waals surface area contributed by atoms with Crippen LogP contribution in [0, 0.1) is 24.7 Å². The van der Waals surface area contributed by atoms with Gasteiger partial charge in [-0.25, -0.2) is 4.79 Å². The molecule has 2 amide bonds. The fraction of sp³-hybridized carbons (Fsp3) is 0.778. The molecule has 126 valence electrons. The molecular weight excluding hydrogens is 288 g/mol. The number of rotatable bonds is 3. The summed E-state index contributed by atoms with van der Waals surface area (Å²) in [4.78, 5) is 12.6. The van der Waals surface area contributed by atoms with E-state index in [0.29, 0.717) is 0 Å². The number of urea groups is 1. The van der Waals surface area contributed by atoms with Gasteiger partial charge in [0, 0.05) is 24.3 Å². The van der Waals surface area contributed by atoms with Crippen LogP contribution in [0.1, 0.15) is 62.7 Å². The zero-order valence-electron chi connectivity index (χ0n) is 14.4. The van der Waals surface area contributed by atoms with E-state index in [-0.39, 0.29) is 17.6 Å². The number of amides is 2. The number of hydrogen-bond acceptors (Lipinski definition) is 2. The molecule has 4 aliphatic rings. The van der Waals surface area contributed by atoms with E-state index in [1.165, 1.54) is 38.5 Å². The molecule has 1 atom stereocenters. The summed E-state index contributed by atoms with van der Waals surface area (Å²) in [6.07, 6.45) is 9.74. The van der Waals surface area contributed by atoms with Crippen molar-refractivity contribution in [3.63, 3.8) is 0 Å². The standard InChI is InChI=1S/C18H28N4O/c1-11(16-10-22(3)21-12(16)2)19-17(23)20-18-7-13-4-14(8-18)6-15(5-13)9-18/h10-11,13-15H,4-9H2,1-3H3,(H2,19,20,23). The van der Waals surface area contributed by atoms with Crippen LogP contribution in [-0.2, 0) is 7.05 Å². The monoisotopic (exact) mass is 316 g/mol. The quantitative estimate of drug-likeness (QED) is 0.900. The predicted octanol–water partition coefficient (Wildman–Crippen LogP) is 3.06. The van der Waals surface area contributed by atoms with Crippen LogP contribution in [0.5, 0.6) is 0 Å². The van der Waals surface area contributed by atoms with Crippen molar-refractivity contribution in [3.8, 4) is 0 Å². The Hall–Kier alpha value is -1.52. The summed E-state index contributed by atoms with van der Waals surface area (Å²) in [6, 6.07) is -0.0275. The van der Waals surface area contributed by atoms with Crippen LogP contribution in [0.2, 0.25) is 0 Å². The Labute approximate surface area is 138 Å². The Morgan fingerprint density at radius 3 is 2.30 bits per heavy atom. The molecule has 0 spiro atoms. The molecule has 4 bridgehead atoms. The lowest BCUT2D eigenvalue weighted by molar-refractivity contribution is -0.0136. The highest BCUT2D eigenvalue weighted by atomic mass is 16.2. The van der Waals surface area contributed by atoms with E-state index in [9.17, 15) is 4.79 Å². The summed E-state index contributed by atoms with van der Waals surface area (Å²) in [5.74, 6) is 2.54. The molecule has 4 aliphatic carbocycles. The van der Waals surface area contributed by atoms with Crippen LogP contribution in [0.3, 0.4) is 0 Å². The average Bonchev–Trinajstić information content (AvgIpc) is 2.75. The normalized spacial score (nSPS) is 36.0. The SMILES string of the molecule is Cc1nn(C)cc1C(C)NC(=O)NC12CC3CC(CC(C3)C1)C2. The van der Waals surface area contributed by atoms with Crippen molar-refractivity contribution < 1.29 is 4.79 Å². The van der Waals surface area contributed by atoms with Crippen molar-refractivity contribution in [2.75, 3.05) is 0 Å². The van der Waals surface area contributed by atoms with Gasteiger partial charge in [0.25, 0.3) is 0 Å². The lowest BCUT2D eigenvalue weighted by Crippen LogP contribution is -2.61. The Morgan fingerprint density at radius 1 is 1.26 bits per heavy atom. The molecule has 1 aromatic rings. The minimum absolute atomic E-state index is 0.0114. The fourth-order valence-corrected chi connectivity index (χ4v) is 5.86. The second kappa shape index (κ2) is 5.25. The van der Waals surface area contributed by atoms with E-state index in [1.807, 2.05) is 27.1 Å². The first-order valence-electron chi connectivity index (χ1n) is 9.01. The first-order chi connectivity index (χ1) is 10.9. The van der Waals surface area contributed by atoms with E-state index in [4.69, 9.17) is 0 Å². The second-order valence-corrected chi connectivity index (χ2v) is 8.36. The number of carbonyl (C=O) groups excluding carboxylic acids is 1. The predicted molar refractivity (Wildman–Crippen MR) is 88.9 cm³/mol. The average molecular weight is 316 g/mol. The molecular formula is C18H28N4O. The highest BCUT2D eigenvalue weighted by Gasteiger charge is 2.51. The van der Waals surface area contributed by atoms with E-state index < -0.39 is 0 Å². The number of hydrogen-bond donors (Lipinski definition) is 2. The first kappa shape index (κ1) is 15.0. The molecule has 4 fully saturated rings. The van der Waals surface area contributed by atoms with Crippen LogP contribution in [0.4, 0.5) is 4.79 Å². The maximum absolute atomic E-state index is 12.6. The van der Waals surface area contributed by atoms with Gasteiger partial charge in [0.1, 0.15) is 0 Å². The minimum Gasteiger partial charge on any atom is -0.333 e. The fourth-order valence-electron chi connectivity index (χ4n) is 5.86. The molecule has 5 nitrogen and oxygen atoms in total. The van der Waals surface area contributed by atoms with Gasteiger partial charge in [-0.3, -0.25) is 4.68 Å². The summed E-state index contributed by atoms with van der Waals surface area (Å²) in [6.45, 7) is 4.02. The first-order valence-corrected chi connectivity index (χ1v) is 9.01. The van der Waals surface area contributed by atoms with Crippen molar-refractivity contribution in [2.24, 2.45) is 24.8 Å². The molecule has 5 heteroatoms. The van der Waals surface area contributed by atoms with Gasteiger partial charge in [0.05, 0.1) is 11.7 Å². The van der Waals surface area contributed by atoms with E-state index in [1.54, 1.807) is 4.68 Å². The highest BCUT2D eigenvalue weighted by molar-refractivity contribution is 5.75. The van der Waals surface area contributed by atoms with E-state index in [2.05, 4.69) is 15.7 Å². The zero-order valence-corrected chi connectivity index (χ0v) is 14.4. The molecule has 4 saturated carbocycles. The third-order valence-corrected chi connectivity index (χ3v) is 6.28. The Morgan fingerprint density at radius 2 is 1.83 bits per heavy atom. The van der Waals surface area contributed by atoms with Gasteiger partial charge >= 0.3 is 6.03 Å². The second-order valence-electron chi connectivity index (χ2n) is 8.36. The lowest BCUT2D eigenvalue weighted by Gasteiger charge is -2.56. The van der Waals surface area contributed by atoms with Crippen LogP contribution in [0.25, 0.3) is 0 Å². The van der Waals surface area contributed by atoms with Crippen molar-refractivity contribution in [2.45, 2.75) is 64.0 Å². The van der Waals surface area contributed by atoms with E-state index in [0.717, 1.165) is 29.0 Å². The van der Waals surface area contributed by atoms with Gasteiger partial charge < -0.3 is 10.6 Å². The van der Waals surface area contributed by atoms with Crippen molar-refractivity contribution in [1.82, 2.24) is 20.4 Å². The third kappa shape index (κ3) is 2.74. The molecule has 23 heavy (non-hydrogen) atoms. The van der Waals surface area contributed by atoms with Crippen LogP contribution < -0.4 is 10.6 Å². The Bertz CT molecular complexity index is 585. The van der Waals surface area contributed by atoms with Crippen molar-refractivity contribution in [1.29, 1.82) is 0 Å². The number of aryl methyl sites for hydroxylation is 2. The Balaban J connectivity index is 1.41. The molecule has 1 unspecified atom stereocenters. The molecule has 0 saturated heterocycles. The number of nitrogens with one attached hydrogen (secondary N) is 2. The summed E-state index contributed by atoms with van der Waals surface area (Å²) < 4.78 is 1.81. The Kier molecular flexibility index (Phi) is 3.43. The number of nitrogens with zero attached hydrogens (tertiary/aromatic N) is 2. The van der Waals surface area contributed by atoms with E-state index >= 15 is 0 Å². The zero-order chi connectivity index (χ0) is 16.2. The van der Waals surface area contributed by atoms with Crippen LogP contribution >= 0.6 is 0 Å². The van der Waals surface area contributed by atoms with Gasteiger partial charge in [-0.15, -0.1) is 0 Å². The summed E-state index contributed by atoms with van der Waals surface area (Å²) >= 11 is 0. The summed E-state index contributed by atoms with van der Waals surface area (Å²) in [5.41, 5.74) is 2.14. The smallest absolute Gasteiger partial charge is 0.315 e. The minimum atomic E-state index is -0.0161. The van der Waals surface area contributed by atoms with Gasteiger partial charge in [0.2, 0.25) is 0 Å². The molecule has 2 N–H and O–H groups in total. The van der Waals surface area contributed by atoms with Crippen molar-refractivity contribution >= 4 is 6.03 Å². The maximum Gasteiger partial charge on any atom is 0.315 e. The van der Waals surface area contributed by atoms with Crippen LogP contribution in [0.15, 0.2) is 6.20 Å². The number of carbonyl (C=O) groups is 1. The van der Waals surface area contributed by atoms with Gasteiger partial charge in [-0.2, -0.15) is 5.10 Å². The maximum atomic E-state index is 12.6.